The lowest BCUT2D eigenvalue weighted by Crippen LogP contribution is -2.64. The van der Waals surface area contributed by atoms with Gasteiger partial charge in [-0.3, -0.25) is 4.79 Å². The number of carbonyl (C=O) groups excluding carboxylic acids is 1. The third-order valence-corrected chi connectivity index (χ3v) is 10.8. The highest BCUT2D eigenvalue weighted by Gasteiger charge is 2.51. The van der Waals surface area contributed by atoms with Gasteiger partial charge in [0.25, 0.3) is 0 Å². The van der Waals surface area contributed by atoms with E-state index in [-0.39, 0.29) is 39.9 Å². The first-order valence-corrected chi connectivity index (χ1v) is 19.8. The van der Waals surface area contributed by atoms with Crippen molar-refractivity contribution < 1.29 is 108 Å². The van der Waals surface area contributed by atoms with Crippen LogP contribution in [0.15, 0.2) is 69.9 Å². The minimum Gasteiger partial charge on any atom is -0.870 e. The minimum absolute atomic E-state index is 0.00914. The van der Waals surface area contributed by atoms with Crippen LogP contribution in [-0.2, 0) is 33.2 Å². The van der Waals surface area contributed by atoms with Gasteiger partial charge in [0.15, 0.2) is 47.1 Å². The molecule has 0 bridgehead atoms. The molecular formula is C42H45O23-. The lowest BCUT2D eigenvalue weighted by molar-refractivity contribution is -0.353. The van der Waals surface area contributed by atoms with E-state index in [1.807, 2.05) is 0 Å². The van der Waals surface area contributed by atoms with E-state index in [0.717, 1.165) is 30.3 Å². The largest absolute Gasteiger partial charge is 0.870 e. The molecule has 4 heterocycles. The van der Waals surface area contributed by atoms with Crippen LogP contribution in [0.3, 0.4) is 0 Å². The third-order valence-electron chi connectivity index (χ3n) is 10.8. The monoisotopic (exact) mass is 917 g/mol. The van der Waals surface area contributed by atoms with Crippen LogP contribution in [0.1, 0.15) is 5.56 Å². The van der Waals surface area contributed by atoms with Crippen molar-refractivity contribution in [3.05, 3.63) is 76.5 Å². The molecule has 5 aliphatic rings. The van der Waals surface area contributed by atoms with Gasteiger partial charge in [0.05, 0.1) is 25.9 Å². The van der Waals surface area contributed by atoms with Gasteiger partial charge in [-0.2, -0.15) is 0 Å². The molecule has 4 aliphatic heterocycles. The maximum Gasteiger partial charge on any atom is 0.330 e. The average Bonchev–Trinajstić information content (AvgIpc) is 3.28. The Morgan fingerprint density at radius 3 is 2.18 bits per heavy atom. The van der Waals surface area contributed by atoms with E-state index < -0.39 is 134 Å². The van der Waals surface area contributed by atoms with Gasteiger partial charge in [-0.15, -0.1) is 0 Å². The number of methoxy groups -OCH3 is 1. The number of phenolic OH excluding ortho intramolecular Hbond substituents is 3. The molecule has 0 spiro atoms. The zero-order chi connectivity index (χ0) is 46.9. The molecule has 0 saturated carbocycles. The summed E-state index contributed by atoms with van der Waals surface area (Å²) in [6.07, 6.45) is -23.0. The van der Waals surface area contributed by atoms with E-state index >= 15 is 0 Å². The van der Waals surface area contributed by atoms with Crippen LogP contribution in [0.4, 0.5) is 0 Å². The number of esters is 1. The highest BCUT2D eigenvalue weighted by atomic mass is 16.8. The van der Waals surface area contributed by atoms with Gasteiger partial charge in [0.1, 0.15) is 84.9 Å². The first-order chi connectivity index (χ1) is 30.9. The van der Waals surface area contributed by atoms with Crippen molar-refractivity contribution in [3.63, 3.8) is 0 Å². The molecule has 3 saturated heterocycles. The highest BCUT2D eigenvalue weighted by Crippen LogP contribution is 2.43. The van der Waals surface area contributed by atoms with E-state index in [2.05, 4.69) is 0 Å². The molecule has 2 aromatic carbocycles. The second-order valence-corrected chi connectivity index (χ2v) is 15.2. The van der Waals surface area contributed by atoms with Gasteiger partial charge < -0.3 is 104 Å². The number of aliphatic hydroxyl groups is 8. The Kier molecular flexibility index (Phi) is 14.5. The van der Waals surface area contributed by atoms with E-state index in [9.17, 15) is 70.9 Å². The molecule has 0 unspecified atom stereocenters. The number of hydrogen-bond acceptors (Lipinski definition) is 23. The summed E-state index contributed by atoms with van der Waals surface area (Å²) in [5.74, 6) is -3.75. The Morgan fingerprint density at radius 2 is 1.45 bits per heavy atom. The topological polar surface area (TPSA) is 367 Å². The lowest BCUT2D eigenvalue weighted by Gasteiger charge is -2.45. The molecule has 2 aromatic rings. The van der Waals surface area contributed by atoms with Crippen molar-refractivity contribution in [2.75, 3.05) is 26.9 Å². The Labute approximate surface area is 366 Å². The van der Waals surface area contributed by atoms with Gasteiger partial charge >= 0.3 is 5.97 Å². The molecule has 7 rings (SSSR count). The SMILES string of the molecule is COc1cc(/C=C/C(=O)OC[C@H]2O[C@@H](OC[C@H]3O[C@H](Oc4cc5c(O)cc(=O)cc-5oc4-c4ccc([O-])c(O)c4)[C@H](O[C@@H]4OC[C@@H](O)[C@H](O)[C@H]4O)[C@@H](O)[C@@H]3O)[C@H](O)[C@@H](O)[C@@H]2O)ccc1O. The maximum absolute atomic E-state index is 12.5. The zero-order valence-corrected chi connectivity index (χ0v) is 33.9. The van der Waals surface area contributed by atoms with Crippen LogP contribution in [0.25, 0.3) is 28.7 Å². The quantitative estimate of drug-likeness (QED) is 0.0482. The van der Waals surface area contributed by atoms with Crippen LogP contribution >= 0.6 is 0 Å². The van der Waals surface area contributed by atoms with Crippen molar-refractivity contribution >= 4 is 12.0 Å². The van der Waals surface area contributed by atoms with Crippen molar-refractivity contribution in [1.82, 2.24) is 0 Å². The first kappa shape index (κ1) is 47.3. The molecule has 0 aromatic heterocycles. The van der Waals surface area contributed by atoms with Crippen LogP contribution in [0.5, 0.6) is 34.5 Å². The van der Waals surface area contributed by atoms with Crippen LogP contribution in [-0.4, -0.2) is 175 Å². The molecule has 1 aliphatic carbocycles. The fourth-order valence-electron chi connectivity index (χ4n) is 7.14. The molecule has 14 atom stereocenters. The number of ether oxygens (including phenoxy) is 8. The molecule has 3 fully saturated rings. The van der Waals surface area contributed by atoms with Crippen molar-refractivity contribution in [2.24, 2.45) is 0 Å². The number of rotatable bonds is 13. The second-order valence-electron chi connectivity index (χ2n) is 15.2. The fourth-order valence-corrected chi connectivity index (χ4v) is 7.14. The summed E-state index contributed by atoms with van der Waals surface area (Å²) in [6.45, 7) is -1.99. The number of aliphatic hydroxyl groups excluding tert-OH is 8. The summed E-state index contributed by atoms with van der Waals surface area (Å²) in [5.41, 5.74) is -0.297. The van der Waals surface area contributed by atoms with Gasteiger partial charge in [-0.1, -0.05) is 23.9 Å². The summed E-state index contributed by atoms with van der Waals surface area (Å²) in [4.78, 5) is 24.8. The minimum atomic E-state index is -2.05. The Balaban J connectivity index is 1.12. The third kappa shape index (κ3) is 10.3. The zero-order valence-electron chi connectivity index (χ0n) is 33.9. The van der Waals surface area contributed by atoms with E-state index in [0.29, 0.717) is 5.56 Å². The molecule has 0 amide bonds. The van der Waals surface area contributed by atoms with E-state index in [1.54, 1.807) is 0 Å². The highest BCUT2D eigenvalue weighted by molar-refractivity contribution is 5.87. The summed E-state index contributed by atoms with van der Waals surface area (Å²) in [5, 5.41) is 129. The number of fused-ring (bicyclic) bond motifs is 1. The molecule has 23 nitrogen and oxygen atoms in total. The van der Waals surface area contributed by atoms with Gasteiger partial charge in [0, 0.05) is 23.8 Å². The molecule has 23 heteroatoms. The molecule has 11 N–H and O–H groups in total. The summed E-state index contributed by atoms with van der Waals surface area (Å²) in [7, 11) is 1.34. The summed E-state index contributed by atoms with van der Waals surface area (Å²) < 4.78 is 50.8. The molecular weight excluding hydrogens is 872 g/mol. The number of benzene rings is 3. The molecule has 0 radical (unpaired) electrons. The number of hydrogen-bond donors (Lipinski definition) is 11. The predicted octanol–water partition coefficient (Wildman–Crippen LogP) is -2.66. The second kappa shape index (κ2) is 19.8. The lowest BCUT2D eigenvalue weighted by atomic mass is 9.97. The fraction of sp³-hybridized carbons (Fsp3) is 0.429. The first-order valence-electron chi connectivity index (χ1n) is 19.8. The van der Waals surface area contributed by atoms with Crippen molar-refractivity contribution in [2.45, 2.75) is 86.0 Å². The summed E-state index contributed by atoms with van der Waals surface area (Å²) >= 11 is 0. The van der Waals surface area contributed by atoms with Crippen molar-refractivity contribution in [3.8, 4) is 57.1 Å². The van der Waals surface area contributed by atoms with E-state index in [4.69, 9.17) is 42.3 Å². The maximum atomic E-state index is 12.5. The standard InChI is InChI=1S/C42H46O23/c1-57-26-8-16(2-5-21(26)45)3-7-30(49)58-14-28-32(51)34(53)37(56)40(63-28)60-15-29-33(52)35(54)39(65-41-36(55)31(50)24(48)13-59-41)42(64-29)62-27-12-19-22(46)10-18(43)11-25(19)61-38(27)17-4-6-20(44)23(47)9-17/h2-12,24,28-29,31-37,39-42,44-48,50-56H,13-15H2,1H3/p-1/b7-3+/t24-,28-,29-,31+,32-,33-,34+,35+,36-,37-,39-,40-,41+,42+/m1/s1. The molecule has 352 valence electrons. The normalized spacial score (nSPS) is 31.8. The number of carbonyl (C=O) groups is 1. The van der Waals surface area contributed by atoms with Crippen LogP contribution < -0.4 is 20.0 Å². The number of aromatic hydroxyl groups is 3. The van der Waals surface area contributed by atoms with Gasteiger partial charge in [-0.25, -0.2) is 4.79 Å². The molecule has 65 heavy (non-hydrogen) atoms. The van der Waals surface area contributed by atoms with E-state index in [1.165, 1.54) is 43.5 Å². The Hall–Kier alpha value is -5.64. The number of phenols is 3. The van der Waals surface area contributed by atoms with Gasteiger partial charge in [0.2, 0.25) is 6.29 Å². The van der Waals surface area contributed by atoms with Gasteiger partial charge in [-0.05, 0) is 35.9 Å². The Morgan fingerprint density at radius 1 is 0.738 bits per heavy atom. The average molecular weight is 918 g/mol. The Bertz CT molecular complexity index is 2350. The van der Waals surface area contributed by atoms with Crippen molar-refractivity contribution in [1.29, 1.82) is 0 Å². The van der Waals surface area contributed by atoms with Crippen LogP contribution in [0.2, 0.25) is 0 Å². The predicted molar refractivity (Wildman–Crippen MR) is 211 cm³/mol. The smallest absolute Gasteiger partial charge is 0.330 e. The summed E-state index contributed by atoms with van der Waals surface area (Å²) in [6, 6.07) is 10.6. The van der Waals surface area contributed by atoms with Crippen LogP contribution in [0, 0.1) is 0 Å².